The molecule has 1 atom stereocenters. The Labute approximate surface area is 204 Å². The Hall–Kier alpha value is -4.61. The fraction of sp³-hybridized carbons (Fsp3) is 0.292. The van der Waals surface area contributed by atoms with Crippen LogP contribution in [0.15, 0.2) is 24.3 Å². The van der Waals surface area contributed by atoms with Crippen molar-refractivity contribution in [2.75, 3.05) is 12.3 Å². The molecule has 190 valence electrons. The van der Waals surface area contributed by atoms with Crippen molar-refractivity contribution < 1.29 is 48.8 Å². The summed E-state index contributed by atoms with van der Waals surface area (Å²) in [6.45, 7) is -0.0163. The number of aliphatic carboxylic acids is 3. The monoisotopic (exact) mass is 500 g/mol. The van der Waals surface area contributed by atoms with E-state index in [1.54, 1.807) is 6.07 Å². The van der Waals surface area contributed by atoms with Crippen LogP contribution in [-0.4, -0.2) is 51.7 Å². The number of ether oxygens (including phenoxy) is 2. The Balaban J connectivity index is 2.31. The molecule has 0 saturated carbocycles. The van der Waals surface area contributed by atoms with E-state index in [0.29, 0.717) is 24.1 Å². The molecule has 0 saturated heterocycles. The van der Waals surface area contributed by atoms with Crippen molar-refractivity contribution in [2.45, 2.75) is 38.0 Å². The van der Waals surface area contributed by atoms with Gasteiger partial charge in [-0.3, -0.25) is 19.2 Å². The zero-order valence-corrected chi connectivity index (χ0v) is 19.0. The molecule has 2 aromatic rings. The highest BCUT2D eigenvalue weighted by Gasteiger charge is 2.34. The molecular weight excluding hydrogens is 476 g/mol. The molecule has 0 spiro atoms. The summed E-state index contributed by atoms with van der Waals surface area (Å²) in [5, 5.41) is 28.2. The number of carbonyl (C=O) groups is 5. The highest BCUT2D eigenvalue weighted by Crippen LogP contribution is 2.43. The molecule has 7 N–H and O–H groups in total. The summed E-state index contributed by atoms with van der Waals surface area (Å²) in [5.74, 6) is -8.65. The van der Waals surface area contributed by atoms with Gasteiger partial charge in [-0.05, 0) is 48.6 Å². The first-order valence-corrected chi connectivity index (χ1v) is 10.9. The number of amides is 1. The third kappa shape index (κ3) is 5.71. The van der Waals surface area contributed by atoms with Gasteiger partial charge < -0.3 is 36.3 Å². The quantitative estimate of drug-likeness (QED) is 0.199. The van der Waals surface area contributed by atoms with Crippen LogP contribution in [0.3, 0.4) is 0 Å². The van der Waals surface area contributed by atoms with Crippen LogP contribution in [0.1, 0.15) is 62.6 Å². The predicted octanol–water partition coefficient (Wildman–Crippen LogP) is 1.57. The molecule has 12 heteroatoms. The van der Waals surface area contributed by atoms with Crippen LogP contribution < -0.4 is 20.9 Å². The van der Waals surface area contributed by atoms with Gasteiger partial charge in [-0.25, -0.2) is 4.79 Å². The van der Waals surface area contributed by atoms with Crippen molar-refractivity contribution in [1.29, 1.82) is 0 Å². The normalized spacial score (nSPS) is 13.8. The van der Waals surface area contributed by atoms with E-state index in [2.05, 4.69) is 0 Å². The molecular formula is C24H24N2O10. The number of esters is 1. The molecule has 0 aromatic heterocycles. The highest BCUT2D eigenvalue weighted by atomic mass is 16.6. The maximum atomic E-state index is 13.2. The number of anilines is 1. The van der Waals surface area contributed by atoms with Gasteiger partial charge in [-0.15, -0.1) is 0 Å². The van der Waals surface area contributed by atoms with Crippen molar-refractivity contribution >= 4 is 35.5 Å². The summed E-state index contributed by atoms with van der Waals surface area (Å²) in [6.07, 6.45) is -0.857. The van der Waals surface area contributed by atoms with Crippen LogP contribution in [-0.2, 0) is 27.2 Å². The molecule has 0 radical (unpaired) electrons. The van der Waals surface area contributed by atoms with E-state index in [1.807, 2.05) is 0 Å². The van der Waals surface area contributed by atoms with Crippen molar-refractivity contribution in [3.05, 3.63) is 52.1 Å². The lowest BCUT2D eigenvalue weighted by molar-refractivity contribution is -0.145. The molecule has 0 fully saturated rings. The number of aryl methyl sites for hydroxylation is 2. The average Bonchev–Trinajstić information content (AvgIpc) is 2.78. The first kappa shape index (κ1) is 26.0. The van der Waals surface area contributed by atoms with Gasteiger partial charge in [0.1, 0.15) is 0 Å². The van der Waals surface area contributed by atoms with Gasteiger partial charge >= 0.3 is 23.9 Å². The van der Waals surface area contributed by atoms with E-state index in [1.165, 1.54) is 12.1 Å². The Morgan fingerprint density at radius 2 is 1.75 bits per heavy atom. The second kappa shape index (κ2) is 10.8. The largest absolute Gasteiger partial charge is 0.489 e. The predicted molar refractivity (Wildman–Crippen MR) is 123 cm³/mol. The Morgan fingerprint density at radius 3 is 2.36 bits per heavy atom. The molecule has 1 amide bonds. The second-order valence-electron chi connectivity index (χ2n) is 8.16. The number of carboxylic acids is 3. The molecule has 36 heavy (non-hydrogen) atoms. The van der Waals surface area contributed by atoms with Gasteiger partial charge in [0, 0.05) is 17.7 Å². The Bertz CT molecular complexity index is 1250. The van der Waals surface area contributed by atoms with Gasteiger partial charge in [0.15, 0.2) is 11.5 Å². The van der Waals surface area contributed by atoms with Crippen molar-refractivity contribution in [3.8, 4) is 11.5 Å². The van der Waals surface area contributed by atoms with Crippen LogP contribution in [0.25, 0.3) is 0 Å². The van der Waals surface area contributed by atoms with Crippen molar-refractivity contribution in [1.82, 2.24) is 0 Å². The molecule has 12 nitrogen and oxygen atoms in total. The average molecular weight is 500 g/mol. The summed E-state index contributed by atoms with van der Waals surface area (Å²) >= 11 is 0. The van der Waals surface area contributed by atoms with E-state index < -0.39 is 54.3 Å². The van der Waals surface area contributed by atoms with Gasteiger partial charge in [0.25, 0.3) is 5.91 Å². The summed E-state index contributed by atoms with van der Waals surface area (Å²) in [5.41, 5.74) is 12.0. The molecule has 3 rings (SSSR count). The molecule has 1 aliphatic heterocycles. The number of nitrogen functional groups attached to an aromatic ring is 1. The number of primary amides is 1. The first-order valence-electron chi connectivity index (χ1n) is 10.9. The molecule has 2 aromatic carbocycles. The van der Waals surface area contributed by atoms with Gasteiger partial charge in [0.05, 0.1) is 30.1 Å². The maximum absolute atomic E-state index is 13.2. The van der Waals surface area contributed by atoms with E-state index in [4.69, 9.17) is 26.0 Å². The minimum absolute atomic E-state index is 0.0163. The van der Waals surface area contributed by atoms with Crippen molar-refractivity contribution in [3.63, 3.8) is 0 Å². The third-order valence-electron chi connectivity index (χ3n) is 5.63. The van der Waals surface area contributed by atoms with E-state index in [9.17, 15) is 34.2 Å². The lowest BCUT2D eigenvalue weighted by Crippen LogP contribution is -2.24. The molecule has 1 heterocycles. The van der Waals surface area contributed by atoms with Gasteiger partial charge in [-0.2, -0.15) is 0 Å². The van der Waals surface area contributed by atoms with Crippen molar-refractivity contribution in [2.24, 2.45) is 5.73 Å². The van der Waals surface area contributed by atoms with Crippen LogP contribution in [0.5, 0.6) is 11.5 Å². The van der Waals surface area contributed by atoms with E-state index >= 15 is 0 Å². The van der Waals surface area contributed by atoms with E-state index in [0.717, 1.165) is 6.07 Å². The van der Waals surface area contributed by atoms with Gasteiger partial charge in [0.2, 0.25) is 0 Å². The van der Waals surface area contributed by atoms with Crippen LogP contribution in [0, 0.1) is 0 Å². The molecule has 0 bridgehead atoms. The molecule has 0 aliphatic carbocycles. The van der Waals surface area contributed by atoms with E-state index in [-0.39, 0.29) is 41.0 Å². The number of nitrogens with two attached hydrogens (primary N) is 2. The fourth-order valence-corrected chi connectivity index (χ4v) is 4.04. The van der Waals surface area contributed by atoms with Crippen LogP contribution in [0.2, 0.25) is 0 Å². The summed E-state index contributed by atoms with van der Waals surface area (Å²) in [6, 6.07) is 5.65. The van der Waals surface area contributed by atoms with Crippen LogP contribution in [0.4, 0.5) is 5.69 Å². The topological polar surface area (TPSA) is 217 Å². The number of benzene rings is 2. The number of hydrogen-bond acceptors (Lipinski definition) is 8. The lowest BCUT2D eigenvalue weighted by Gasteiger charge is -2.24. The number of hydrogen-bond donors (Lipinski definition) is 5. The summed E-state index contributed by atoms with van der Waals surface area (Å²) in [7, 11) is 0. The minimum Gasteiger partial charge on any atom is -0.489 e. The smallest absolute Gasteiger partial charge is 0.343 e. The van der Waals surface area contributed by atoms with Gasteiger partial charge in [-0.1, -0.05) is 6.07 Å². The maximum Gasteiger partial charge on any atom is 0.343 e. The zero-order chi connectivity index (χ0) is 26.6. The highest BCUT2D eigenvalue weighted by molar-refractivity contribution is 6.00. The Kier molecular flexibility index (Phi) is 7.77. The third-order valence-corrected chi connectivity index (χ3v) is 5.63. The SMILES string of the molecule is NC(=O)c1c(CCC(=O)O)cc([C@H](CC(=O)O)C(=O)O)c2c1OCCCc1cc(N)ccc1C(=O)O2. The lowest BCUT2D eigenvalue weighted by atomic mass is 9.88. The summed E-state index contributed by atoms with van der Waals surface area (Å²) < 4.78 is 11.3. The Morgan fingerprint density at radius 1 is 1.03 bits per heavy atom. The first-order chi connectivity index (χ1) is 17.0. The number of fused-ring (bicyclic) bond motifs is 2. The number of rotatable bonds is 8. The fourth-order valence-electron chi connectivity index (χ4n) is 4.04. The summed E-state index contributed by atoms with van der Waals surface area (Å²) in [4.78, 5) is 60.3. The van der Waals surface area contributed by atoms with Crippen LogP contribution >= 0.6 is 0 Å². The zero-order valence-electron chi connectivity index (χ0n) is 19.0. The standard InChI is InChI=1S/C24H24N2O10/c25-13-4-5-14-11(8-13)2-1-7-35-21-19(22(26)31)12(3-6-17(27)28)9-15(20(21)36-24(14)34)16(23(32)33)10-18(29)30/h4-5,8-9,16H,1-3,6-7,10,25H2,(H2,26,31)(H,27,28)(H,29,30)(H,32,33)/t16-/m0/s1. The molecule has 0 unspecified atom stereocenters. The minimum atomic E-state index is -1.72. The number of carboxylic acid groups (broad SMARTS) is 3. The molecule has 1 aliphatic rings. The second-order valence-corrected chi connectivity index (χ2v) is 8.16. The number of carbonyl (C=O) groups excluding carboxylic acids is 2.